The molecular weight excluding hydrogens is 390 g/mol. The topological polar surface area (TPSA) is 106 Å². The number of aromatic nitrogens is 3. The highest BCUT2D eigenvalue weighted by molar-refractivity contribution is 7.88. The zero-order valence-electron chi connectivity index (χ0n) is 15.9. The largest absolute Gasteiger partial charge is 0.319 e. The third-order valence-electron chi connectivity index (χ3n) is 4.53. The molecule has 150 valence electrons. The molecule has 4 rings (SSSR count). The Labute approximate surface area is 169 Å². The van der Waals surface area contributed by atoms with Crippen LogP contribution in [0.3, 0.4) is 0 Å². The van der Waals surface area contributed by atoms with Crippen molar-refractivity contribution in [3.8, 4) is 5.69 Å². The lowest BCUT2D eigenvalue weighted by Gasteiger charge is -2.05. The second-order valence-corrected chi connectivity index (χ2v) is 8.89. The summed E-state index contributed by atoms with van der Waals surface area (Å²) in [6.07, 6.45) is 3.21. The average Bonchev–Trinajstić information content (AvgIpc) is 3.45. The van der Waals surface area contributed by atoms with Crippen LogP contribution in [0.4, 0.5) is 5.69 Å². The highest BCUT2D eigenvalue weighted by Gasteiger charge is 2.31. The molecule has 2 aromatic carbocycles. The zero-order valence-corrected chi connectivity index (χ0v) is 16.7. The number of carbonyl (C=O) groups excluding carboxylic acids is 1. The number of para-hydroxylation sites is 1. The number of benzene rings is 2. The van der Waals surface area contributed by atoms with Gasteiger partial charge >= 0.3 is 0 Å². The summed E-state index contributed by atoms with van der Waals surface area (Å²) in [7, 11) is -3.25. The molecule has 8 nitrogen and oxygen atoms in total. The molecule has 1 aliphatic carbocycles. The molecule has 2 N–H and O–H groups in total. The minimum absolute atomic E-state index is 0.124. The summed E-state index contributed by atoms with van der Waals surface area (Å²) in [5.74, 6) is 0.886. The maximum atomic E-state index is 12.7. The van der Waals surface area contributed by atoms with Crippen molar-refractivity contribution in [2.24, 2.45) is 0 Å². The van der Waals surface area contributed by atoms with Gasteiger partial charge in [0.05, 0.1) is 11.9 Å². The molecule has 0 saturated heterocycles. The van der Waals surface area contributed by atoms with Crippen LogP contribution in [-0.4, -0.2) is 35.3 Å². The Morgan fingerprint density at radius 1 is 1.10 bits per heavy atom. The van der Waals surface area contributed by atoms with Gasteiger partial charge in [-0.3, -0.25) is 4.79 Å². The summed E-state index contributed by atoms with van der Waals surface area (Å²) < 4.78 is 26.5. The molecule has 0 atom stereocenters. The highest BCUT2D eigenvalue weighted by atomic mass is 32.2. The monoisotopic (exact) mass is 411 g/mol. The molecule has 0 unspecified atom stereocenters. The van der Waals surface area contributed by atoms with Crippen LogP contribution in [0.5, 0.6) is 0 Å². The van der Waals surface area contributed by atoms with Crippen molar-refractivity contribution in [3.63, 3.8) is 0 Å². The number of sulfonamides is 1. The summed E-state index contributed by atoms with van der Waals surface area (Å²) in [6.45, 7) is 0.195. The molecule has 3 aromatic rings. The number of rotatable bonds is 7. The van der Waals surface area contributed by atoms with Crippen molar-refractivity contribution in [2.45, 2.75) is 25.3 Å². The van der Waals surface area contributed by atoms with Gasteiger partial charge in [-0.2, -0.15) is 0 Å². The van der Waals surface area contributed by atoms with Crippen LogP contribution in [0.1, 0.15) is 40.8 Å². The SMILES string of the molecule is CS(=O)(=O)NCc1ccc(NC(=O)c2nc(C3CC3)n(-c3ccccc3)n2)cc1. The molecule has 0 spiro atoms. The minimum atomic E-state index is -3.25. The lowest BCUT2D eigenvalue weighted by atomic mass is 10.2. The van der Waals surface area contributed by atoms with E-state index in [1.807, 2.05) is 30.3 Å². The van der Waals surface area contributed by atoms with Crippen molar-refractivity contribution in [1.82, 2.24) is 19.5 Å². The van der Waals surface area contributed by atoms with Crippen molar-refractivity contribution in [2.75, 3.05) is 11.6 Å². The predicted molar refractivity (Wildman–Crippen MR) is 109 cm³/mol. The smallest absolute Gasteiger partial charge is 0.295 e. The average molecular weight is 411 g/mol. The Morgan fingerprint density at radius 3 is 2.41 bits per heavy atom. The molecule has 1 fully saturated rings. The normalized spacial score (nSPS) is 14.0. The molecular formula is C20H21N5O3S. The number of hydrogen-bond acceptors (Lipinski definition) is 5. The lowest BCUT2D eigenvalue weighted by molar-refractivity contribution is 0.101. The van der Waals surface area contributed by atoms with Crippen molar-refractivity contribution < 1.29 is 13.2 Å². The molecule has 1 saturated carbocycles. The van der Waals surface area contributed by atoms with E-state index >= 15 is 0 Å². The first kappa shape index (κ1) is 19.3. The van der Waals surface area contributed by atoms with Crippen LogP contribution in [0.15, 0.2) is 54.6 Å². The summed E-state index contributed by atoms with van der Waals surface area (Å²) in [5.41, 5.74) is 2.25. The van der Waals surface area contributed by atoms with E-state index in [2.05, 4.69) is 20.1 Å². The Kier molecular flexibility index (Phi) is 5.16. The Hall–Kier alpha value is -3.04. The summed E-state index contributed by atoms with van der Waals surface area (Å²) in [5, 5.41) is 7.22. The van der Waals surface area contributed by atoms with Crippen LogP contribution in [0.2, 0.25) is 0 Å². The molecule has 0 aliphatic heterocycles. The van der Waals surface area contributed by atoms with Gasteiger partial charge in [0.1, 0.15) is 5.82 Å². The molecule has 29 heavy (non-hydrogen) atoms. The van der Waals surface area contributed by atoms with Gasteiger partial charge < -0.3 is 5.32 Å². The standard InChI is InChI=1S/C20H21N5O3S/c1-29(27,28)21-13-14-7-11-16(12-8-14)22-20(26)18-23-19(15-9-10-15)25(24-18)17-5-3-2-4-6-17/h2-8,11-12,15,21H,9-10,13H2,1H3,(H,22,26). The first-order chi connectivity index (χ1) is 13.9. The predicted octanol–water partition coefficient (Wildman–Crippen LogP) is 2.45. The number of hydrogen-bond donors (Lipinski definition) is 2. The van der Waals surface area contributed by atoms with Gasteiger partial charge in [0.15, 0.2) is 0 Å². The quantitative estimate of drug-likeness (QED) is 0.621. The fourth-order valence-electron chi connectivity index (χ4n) is 2.89. The van der Waals surface area contributed by atoms with E-state index in [4.69, 9.17) is 0 Å². The lowest BCUT2D eigenvalue weighted by Crippen LogP contribution is -2.21. The van der Waals surface area contributed by atoms with Gasteiger partial charge in [0.25, 0.3) is 5.91 Å². The third kappa shape index (κ3) is 4.87. The number of nitrogens with one attached hydrogen (secondary N) is 2. The van der Waals surface area contributed by atoms with Crippen LogP contribution >= 0.6 is 0 Å². The maximum Gasteiger partial charge on any atom is 0.295 e. The second-order valence-electron chi connectivity index (χ2n) is 7.06. The molecule has 1 aromatic heterocycles. The van der Waals surface area contributed by atoms with E-state index < -0.39 is 10.0 Å². The fraction of sp³-hybridized carbons (Fsp3) is 0.250. The van der Waals surface area contributed by atoms with Gasteiger partial charge in [0, 0.05) is 18.2 Å². The van der Waals surface area contributed by atoms with E-state index in [1.54, 1.807) is 28.9 Å². The van der Waals surface area contributed by atoms with Gasteiger partial charge in [-0.05, 0) is 42.7 Å². The van der Waals surface area contributed by atoms with Crippen LogP contribution in [0.25, 0.3) is 5.69 Å². The molecule has 1 aliphatic rings. The van der Waals surface area contributed by atoms with E-state index in [0.717, 1.165) is 36.2 Å². The first-order valence-electron chi connectivity index (χ1n) is 9.26. The fourth-order valence-corrected chi connectivity index (χ4v) is 3.32. The molecule has 9 heteroatoms. The number of anilines is 1. The minimum Gasteiger partial charge on any atom is -0.319 e. The number of amides is 1. The Balaban J connectivity index is 1.49. The van der Waals surface area contributed by atoms with E-state index in [1.165, 1.54) is 0 Å². The molecule has 1 heterocycles. The van der Waals surface area contributed by atoms with Crippen LogP contribution in [0, 0.1) is 0 Å². The Morgan fingerprint density at radius 2 is 1.79 bits per heavy atom. The Bertz CT molecular complexity index is 1120. The van der Waals surface area contributed by atoms with Gasteiger partial charge in [-0.1, -0.05) is 30.3 Å². The van der Waals surface area contributed by atoms with Crippen molar-refractivity contribution in [3.05, 3.63) is 71.8 Å². The third-order valence-corrected chi connectivity index (χ3v) is 5.20. The number of nitrogens with zero attached hydrogens (tertiary/aromatic N) is 3. The first-order valence-corrected chi connectivity index (χ1v) is 11.2. The maximum absolute atomic E-state index is 12.7. The second kappa shape index (κ2) is 7.76. The van der Waals surface area contributed by atoms with Crippen LogP contribution in [-0.2, 0) is 16.6 Å². The molecule has 0 bridgehead atoms. The summed E-state index contributed by atoms with van der Waals surface area (Å²) >= 11 is 0. The van der Waals surface area contributed by atoms with E-state index in [0.29, 0.717) is 11.6 Å². The summed E-state index contributed by atoms with van der Waals surface area (Å²) in [6, 6.07) is 16.6. The van der Waals surface area contributed by atoms with E-state index in [-0.39, 0.29) is 18.3 Å². The summed E-state index contributed by atoms with van der Waals surface area (Å²) in [4.78, 5) is 17.1. The van der Waals surface area contributed by atoms with Gasteiger partial charge in [-0.25, -0.2) is 22.8 Å². The van der Waals surface area contributed by atoms with Crippen molar-refractivity contribution >= 4 is 21.6 Å². The molecule has 0 radical (unpaired) electrons. The molecule has 1 amide bonds. The van der Waals surface area contributed by atoms with E-state index in [9.17, 15) is 13.2 Å². The van der Waals surface area contributed by atoms with Crippen LogP contribution < -0.4 is 10.0 Å². The van der Waals surface area contributed by atoms with Gasteiger partial charge in [-0.15, -0.1) is 5.10 Å². The number of carbonyl (C=O) groups is 1. The highest BCUT2D eigenvalue weighted by Crippen LogP contribution is 2.39. The van der Waals surface area contributed by atoms with Gasteiger partial charge in [0.2, 0.25) is 15.8 Å². The zero-order chi connectivity index (χ0) is 20.4. The van der Waals surface area contributed by atoms with Crippen molar-refractivity contribution in [1.29, 1.82) is 0 Å².